The molecule has 1 aliphatic rings. The Morgan fingerprint density at radius 1 is 1.19 bits per heavy atom. The monoisotopic (exact) mass is 352 g/mol. The number of hydrogen-bond acceptors (Lipinski definition) is 4. The van der Waals surface area contributed by atoms with Crippen molar-refractivity contribution in [3.8, 4) is 0 Å². The van der Waals surface area contributed by atoms with Gasteiger partial charge in [-0.2, -0.15) is 0 Å². The van der Waals surface area contributed by atoms with Gasteiger partial charge < -0.3 is 10.2 Å². The molecule has 0 saturated carbocycles. The van der Waals surface area contributed by atoms with Crippen LogP contribution in [0.15, 0.2) is 48.8 Å². The summed E-state index contributed by atoms with van der Waals surface area (Å²) in [5.74, 6) is 1.35. The van der Waals surface area contributed by atoms with Gasteiger partial charge in [-0.3, -0.25) is 4.79 Å². The Morgan fingerprint density at radius 3 is 2.62 bits per heavy atom. The van der Waals surface area contributed by atoms with Crippen LogP contribution in [0.2, 0.25) is 0 Å². The van der Waals surface area contributed by atoms with Crippen molar-refractivity contribution in [1.82, 2.24) is 15.3 Å². The Hall–Kier alpha value is -2.43. The highest BCUT2D eigenvalue weighted by molar-refractivity contribution is 5.80. The molecule has 1 aliphatic heterocycles. The molecule has 1 aromatic heterocycles. The second-order valence-corrected chi connectivity index (χ2v) is 7.44. The molecule has 138 valence electrons. The third-order valence-corrected chi connectivity index (χ3v) is 4.85. The van der Waals surface area contributed by atoms with E-state index in [-0.39, 0.29) is 17.9 Å². The Kier molecular flexibility index (Phi) is 6.21. The molecule has 0 radical (unpaired) electrons. The summed E-state index contributed by atoms with van der Waals surface area (Å²) in [6, 6.07) is 12.1. The molecule has 2 atom stereocenters. The maximum atomic E-state index is 13.0. The summed E-state index contributed by atoms with van der Waals surface area (Å²) in [6.45, 7) is 5.97. The van der Waals surface area contributed by atoms with E-state index < -0.39 is 0 Å². The third kappa shape index (κ3) is 4.81. The van der Waals surface area contributed by atoms with E-state index in [1.807, 2.05) is 24.3 Å². The predicted molar refractivity (Wildman–Crippen MR) is 104 cm³/mol. The Bertz CT molecular complexity index is 690. The summed E-state index contributed by atoms with van der Waals surface area (Å²) in [4.78, 5) is 23.7. The van der Waals surface area contributed by atoms with Gasteiger partial charge in [-0.25, -0.2) is 9.97 Å². The maximum absolute atomic E-state index is 13.0. The zero-order chi connectivity index (χ0) is 18.4. The van der Waals surface area contributed by atoms with E-state index in [1.165, 1.54) is 5.56 Å². The number of nitrogens with one attached hydrogen (secondary N) is 1. The third-order valence-electron chi connectivity index (χ3n) is 4.85. The van der Waals surface area contributed by atoms with Crippen LogP contribution in [0.5, 0.6) is 0 Å². The predicted octanol–water partition coefficient (Wildman–Crippen LogP) is 3.60. The number of carbonyl (C=O) groups is 1. The Labute approximate surface area is 155 Å². The van der Waals surface area contributed by atoms with Crippen molar-refractivity contribution in [1.29, 1.82) is 0 Å². The summed E-state index contributed by atoms with van der Waals surface area (Å²) in [6.07, 6.45) is 6.34. The average Bonchev–Trinajstić information content (AvgIpc) is 2.68. The highest BCUT2D eigenvalue weighted by Crippen LogP contribution is 2.24. The Morgan fingerprint density at radius 2 is 1.92 bits per heavy atom. The molecule has 1 N–H and O–H groups in total. The van der Waals surface area contributed by atoms with Crippen LogP contribution in [-0.4, -0.2) is 29.0 Å². The molecule has 2 aromatic rings. The zero-order valence-electron chi connectivity index (χ0n) is 15.6. The summed E-state index contributed by atoms with van der Waals surface area (Å²) < 4.78 is 0. The minimum Gasteiger partial charge on any atom is -0.349 e. The molecule has 5 nitrogen and oxygen atoms in total. The quantitative estimate of drug-likeness (QED) is 0.863. The number of rotatable bonds is 6. The number of anilines is 1. The molecular formula is C21H28N4O. The first kappa shape index (κ1) is 18.4. The molecule has 1 aromatic carbocycles. The molecule has 3 rings (SSSR count). The van der Waals surface area contributed by atoms with Crippen LogP contribution in [0.4, 0.5) is 5.95 Å². The lowest BCUT2D eigenvalue weighted by molar-refractivity contribution is -0.126. The molecule has 1 amide bonds. The van der Waals surface area contributed by atoms with Gasteiger partial charge in [-0.1, -0.05) is 44.2 Å². The molecule has 1 fully saturated rings. The fourth-order valence-corrected chi connectivity index (χ4v) is 3.55. The molecule has 2 heterocycles. The van der Waals surface area contributed by atoms with E-state index in [9.17, 15) is 4.79 Å². The highest BCUT2D eigenvalue weighted by atomic mass is 16.2. The number of aromatic nitrogens is 2. The largest absolute Gasteiger partial charge is 0.349 e. The minimum absolute atomic E-state index is 0.0223. The van der Waals surface area contributed by atoms with E-state index in [0.29, 0.717) is 18.4 Å². The van der Waals surface area contributed by atoms with Crippen molar-refractivity contribution in [2.45, 2.75) is 39.2 Å². The van der Waals surface area contributed by atoms with Crippen molar-refractivity contribution < 1.29 is 4.79 Å². The Balaban J connectivity index is 1.67. The lowest BCUT2D eigenvalue weighted by Crippen LogP contribution is -2.44. The van der Waals surface area contributed by atoms with Crippen LogP contribution in [0.25, 0.3) is 0 Å². The van der Waals surface area contributed by atoms with Crippen LogP contribution < -0.4 is 10.2 Å². The summed E-state index contributed by atoms with van der Waals surface area (Å²) >= 11 is 0. The van der Waals surface area contributed by atoms with Gasteiger partial charge in [-0.05, 0) is 36.8 Å². The van der Waals surface area contributed by atoms with Gasteiger partial charge >= 0.3 is 0 Å². The SMILES string of the molecule is CC(C)CC(NC(=O)C1CCCN(c2ncccn2)C1)c1ccccc1. The van der Waals surface area contributed by atoms with Crippen LogP contribution in [0.3, 0.4) is 0 Å². The molecule has 0 spiro atoms. The van der Waals surface area contributed by atoms with Gasteiger partial charge in [0.05, 0.1) is 12.0 Å². The van der Waals surface area contributed by atoms with Crippen molar-refractivity contribution in [3.63, 3.8) is 0 Å². The van der Waals surface area contributed by atoms with Crippen molar-refractivity contribution in [2.24, 2.45) is 11.8 Å². The smallest absolute Gasteiger partial charge is 0.225 e. The summed E-state index contributed by atoms with van der Waals surface area (Å²) in [5, 5.41) is 3.30. The first-order chi connectivity index (χ1) is 12.6. The number of benzene rings is 1. The standard InChI is InChI=1S/C21H28N4O/c1-16(2)14-19(17-8-4-3-5-9-17)24-20(26)18-10-6-13-25(15-18)21-22-11-7-12-23-21/h3-5,7-9,11-12,16,18-19H,6,10,13-15H2,1-2H3,(H,24,26). The number of piperidine rings is 1. The van der Waals surface area contributed by atoms with Crippen LogP contribution in [0, 0.1) is 11.8 Å². The molecule has 1 saturated heterocycles. The van der Waals surface area contributed by atoms with E-state index in [4.69, 9.17) is 0 Å². The molecule has 26 heavy (non-hydrogen) atoms. The van der Waals surface area contributed by atoms with Gasteiger partial charge in [0.2, 0.25) is 11.9 Å². The number of hydrogen-bond donors (Lipinski definition) is 1. The van der Waals surface area contributed by atoms with Crippen LogP contribution >= 0.6 is 0 Å². The number of carbonyl (C=O) groups excluding carboxylic acids is 1. The van der Waals surface area contributed by atoms with E-state index in [0.717, 1.165) is 25.8 Å². The zero-order valence-corrected chi connectivity index (χ0v) is 15.6. The fraction of sp³-hybridized carbons (Fsp3) is 0.476. The number of nitrogens with zero attached hydrogens (tertiary/aromatic N) is 3. The molecule has 5 heteroatoms. The van der Waals surface area contributed by atoms with Gasteiger partial charge in [-0.15, -0.1) is 0 Å². The topological polar surface area (TPSA) is 58.1 Å². The van der Waals surface area contributed by atoms with Crippen molar-refractivity contribution >= 4 is 11.9 Å². The van der Waals surface area contributed by atoms with E-state index in [1.54, 1.807) is 12.4 Å². The molecule has 0 bridgehead atoms. The first-order valence-electron chi connectivity index (χ1n) is 9.50. The van der Waals surface area contributed by atoms with E-state index in [2.05, 4.69) is 46.2 Å². The van der Waals surface area contributed by atoms with Gasteiger partial charge in [0.25, 0.3) is 0 Å². The summed E-state index contributed by atoms with van der Waals surface area (Å²) in [5.41, 5.74) is 1.17. The normalized spacial score (nSPS) is 18.6. The average molecular weight is 352 g/mol. The molecular weight excluding hydrogens is 324 g/mol. The summed E-state index contributed by atoms with van der Waals surface area (Å²) in [7, 11) is 0. The van der Waals surface area contributed by atoms with Gasteiger partial charge in [0.1, 0.15) is 0 Å². The van der Waals surface area contributed by atoms with Gasteiger partial charge in [0.15, 0.2) is 0 Å². The maximum Gasteiger partial charge on any atom is 0.225 e. The van der Waals surface area contributed by atoms with Crippen molar-refractivity contribution in [3.05, 3.63) is 54.4 Å². The van der Waals surface area contributed by atoms with Crippen LogP contribution in [0.1, 0.15) is 44.7 Å². The fourth-order valence-electron chi connectivity index (χ4n) is 3.55. The first-order valence-corrected chi connectivity index (χ1v) is 9.50. The molecule has 2 unspecified atom stereocenters. The molecule has 0 aliphatic carbocycles. The van der Waals surface area contributed by atoms with Crippen molar-refractivity contribution in [2.75, 3.05) is 18.0 Å². The van der Waals surface area contributed by atoms with Crippen LogP contribution in [-0.2, 0) is 4.79 Å². The minimum atomic E-state index is -0.0223. The lowest BCUT2D eigenvalue weighted by atomic mass is 9.93. The highest BCUT2D eigenvalue weighted by Gasteiger charge is 2.28. The van der Waals surface area contributed by atoms with Gasteiger partial charge in [0, 0.05) is 25.5 Å². The second kappa shape index (κ2) is 8.79. The number of amides is 1. The second-order valence-electron chi connectivity index (χ2n) is 7.44. The lowest BCUT2D eigenvalue weighted by Gasteiger charge is -2.33. The van der Waals surface area contributed by atoms with E-state index >= 15 is 0 Å².